The van der Waals surface area contributed by atoms with Gasteiger partial charge >= 0.3 is 0 Å². The molecule has 2 N–H and O–H groups in total. The Bertz CT molecular complexity index is 537. The second-order valence-corrected chi connectivity index (χ2v) is 4.89. The fourth-order valence-electron chi connectivity index (χ4n) is 1.78. The van der Waals surface area contributed by atoms with Crippen molar-refractivity contribution in [2.75, 3.05) is 0 Å². The third-order valence-electron chi connectivity index (χ3n) is 2.72. The minimum Gasteiger partial charge on any atom is -0.595 e. The summed E-state index contributed by atoms with van der Waals surface area (Å²) >= 11 is 12.6. The lowest BCUT2D eigenvalue weighted by molar-refractivity contribution is -0.991. The van der Waals surface area contributed by atoms with Gasteiger partial charge in [0.2, 0.25) is 0 Å². The molecule has 1 unspecified atom stereocenters. The van der Waals surface area contributed by atoms with Gasteiger partial charge in [0.05, 0.1) is 16.4 Å². The van der Waals surface area contributed by atoms with E-state index in [1.807, 2.05) is 6.07 Å². The molecule has 0 aliphatic rings. The van der Waals surface area contributed by atoms with E-state index < -0.39 is 16.0 Å². The lowest BCUT2D eigenvalue weighted by Crippen LogP contribution is -2.99. The fourth-order valence-corrected chi connectivity index (χ4v) is 2.36. The van der Waals surface area contributed by atoms with E-state index in [1.165, 1.54) is 6.07 Å². The Hall–Kier alpha value is -1.17. The van der Waals surface area contributed by atoms with Crippen molar-refractivity contribution >= 4 is 28.9 Å². The number of alkyl halides is 2. The fraction of sp³-hybridized carbons (Fsp3) is 0.154. The van der Waals surface area contributed by atoms with Crippen LogP contribution in [0.5, 0.6) is 0 Å². The molecular weight excluding hydrogens is 287 g/mol. The van der Waals surface area contributed by atoms with Crippen LogP contribution in [-0.4, -0.2) is 10.2 Å². The zero-order valence-corrected chi connectivity index (χ0v) is 11.3. The second kappa shape index (κ2) is 6.32. The van der Waals surface area contributed by atoms with Crippen molar-refractivity contribution in [3.05, 3.63) is 65.1 Å². The van der Waals surface area contributed by atoms with Crippen molar-refractivity contribution in [1.29, 1.82) is 0 Å². The summed E-state index contributed by atoms with van der Waals surface area (Å²) in [4.78, 5) is 4.14. The van der Waals surface area contributed by atoms with Gasteiger partial charge in [0.1, 0.15) is 0 Å². The number of quaternary nitrogens is 1. The van der Waals surface area contributed by atoms with Crippen LogP contribution in [0.2, 0.25) is 0 Å². The van der Waals surface area contributed by atoms with E-state index in [2.05, 4.69) is 4.98 Å². The van der Waals surface area contributed by atoms with E-state index in [4.69, 9.17) is 28.4 Å². The molecule has 2 aromatic rings. The first-order valence-electron chi connectivity index (χ1n) is 5.62. The maximum absolute atomic E-state index is 11.2. The Morgan fingerprint density at radius 2 is 1.74 bits per heavy atom. The number of hydrogen-bond acceptors (Lipinski definition) is 3. The molecule has 3 atom stereocenters. The molecule has 4 nitrogen and oxygen atoms in total. The topological polar surface area (TPSA) is 60.6 Å². The molecule has 0 bridgehead atoms. The van der Waals surface area contributed by atoms with Gasteiger partial charge in [0.25, 0.3) is 0 Å². The summed E-state index contributed by atoms with van der Waals surface area (Å²) in [6.07, 6.45) is 1.62. The van der Waals surface area contributed by atoms with Crippen molar-refractivity contribution in [3.63, 3.8) is 0 Å². The number of aromatic nitrogens is 1. The normalized spacial score (nSPS) is 15.8. The average Bonchev–Trinajstić information content (AvgIpc) is 2.46. The number of halogens is 2. The summed E-state index contributed by atoms with van der Waals surface area (Å²) < 4.78 is 0. The number of nitrogens with one attached hydrogen (secondary N) is 1. The monoisotopic (exact) mass is 298 g/mol. The zero-order chi connectivity index (χ0) is 13.8. The van der Waals surface area contributed by atoms with Crippen LogP contribution in [0, 0.1) is 5.21 Å². The van der Waals surface area contributed by atoms with Gasteiger partial charge in [-0.15, -0.1) is 23.2 Å². The minimum atomic E-state index is -1.02. The molecule has 0 radical (unpaired) electrons. The molecule has 6 heteroatoms. The first-order chi connectivity index (χ1) is 9.11. The van der Waals surface area contributed by atoms with E-state index in [-0.39, 0.29) is 5.69 Å². The Balaban J connectivity index is 2.32. The second-order valence-electron chi connectivity index (χ2n) is 3.95. The lowest BCUT2D eigenvalue weighted by atomic mass is 10.0. The molecule has 0 aliphatic heterocycles. The predicted octanol–water partition coefficient (Wildman–Crippen LogP) is 2.75. The number of pyridine rings is 1. The van der Waals surface area contributed by atoms with Gasteiger partial charge < -0.3 is 5.21 Å². The Kier molecular flexibility index (Phi) is 4.74. The van der Waals surface area contributed by atoms with Crippen LogP contribution in [0.25, 0.3) is 0 Å². The van der Waals surface area contributed by atoms with E-state index >= 15 is 0 Å². The average molecular weight is 299 g/mol. The van der Waals surface area contributed by atoms with E-state index in [0.717, 1.165) is 0 Å². The first-order valence-corrected chi connectivity index (χ1v) is 6.50. The summed E-state index contributed by atoms with van der Waals surface area (Å²) in [6.45, 7) is 0. The van der Waals surface area contributed by atoms with Gasteiger partial charge in [0.15, 0.2) is 5.69 Å². The maximum Gasteiger partial charge on any atom is 0.168 e. The molecule has 0 saturated heterocycles. The summed E-state index contributed by atoms with van der Waals surface area (Å²) in [5.41, 5.74) is 1.26. The van der Waals surface area contributed by atoms with Crippen LogP contribution < -0.4 is 5.23 Å². The molecule has 100 valence electrons. The molecule has 1 aromatic carbocycles. The molecule has 1 heterocycles. The van der Waals surface area contributed by atoms with E-state index in [9.17, 15) is 5.21 Å². The highest BCUT2D eigenvalue weighted by atomic mass is 35.5. The molecular formula is C13H12Cl2N2O2. The third kappa shape index (κ3) is 3.23. The smallest absolute Gasteiger partial charge is 0.168 e. The van der Waals surface area contributed by atoms with Crippen LogP contribution in [0.3, 0.4) is 0 Å². The number of hydrogen-bond donors (Lipinski definition) is 2. The van der Waals surface area contributed by atoms with Crippen LogP contribution in [0.1, 0.15) is 22.0 Å². The van der Waals surface area contributed by atoms with Gasteiger partial charge in [-0.3, -0.25) is 4.98 Å². The van der Waals surface area contributed by atoms with Crippen LogP contribution in [0.15, 0.2) is 48.7 Å². The largest absolute Gasteiger partial charge is 0.595 e. The molecule has 2 rings (SSSR count). The Morgan fingerprint density at radius 3 is 2.37 bits per heavy atom. The zero-order valence-electron chi connectivity index (χ0n) is 9.83. The van der Waals surface area contributed by atoms with Crippen molar-refractivity contribution < 1.29 is 10.4 Å². The number of benzene rings is 1. The standard InChI is InChI=1S/C13H12Cl2N2O2/c14-12(13(15)10-6-3-4-8-16-10)9-5-1-2-7-11(9)17(18)19/h1-8,12-13,17-18H/t12-,13-/m0/s1. The Morgan fingerprint density at radius 1 is 1.05 bits per heavy atom. The van der Waals surface area contributed by atoms with Crippen LogP contribution in [0.4, 0.5) is 5.69 Å². The SMILES string of the molecule is [O-][NH+](O)c1ccccc1[C@H](Cl)[C@@H](Cl)c1ccccn1. The van der Waals surface area contributed by atoms with Crippen LogP contribution in [-0.2, 0) is 0 Å². The van der Waals surface area contributed by atoms with Gasteiger partial charge in [-0.25, -0.2) is 5.21 Å². The minimum absolute atomic E-state index is 0.157. The molecule has 0 amide bonds. The van der Waals surface area contributed by atoms with Crippen molar-refractivity contribution in [3.8, 4) is 0 Å². The van der Waals surface area contributed by atoms with Gasteiger partial charge in [-0.2, -0.15) is 5.23 Å². The quantitative estimate of drug-likeness (QED) is 0.674. The van der Waals surface area contributed by atoms with E-state index in [0.29, 0.717) is 11.3 Å². The Labute approximate surface area is 120 Å². The maximum atomic E-state index is 11.2. The highest BCUT2D eigenvalue weighted by molar-refractivity contribution is 6.30. The lowest BCUT2D eigenvalue weighted by Gasteiger charge is -2.21. The molecule has 0 fully saturated rings. The van der Waals surface area contributed by atoms with Gasteiger partial charge in [-0.1, -0.05) is 24.3 Å². The third-order valence-corrected chi connectivity index (χ3v) is 3.81. The van der Waals surface area contributed by atoms with Crippen molar-refractivity contribution in [1.82, 2.24) is 4.98 Å². The summed E-state index contributed by atoms with van der Waals surface area (Å²) in [7, 11) is 0. The first kappa shape index (κ1) is 14.2. The van der Waals surface area contributed by atoms with Crippen molar-refractivity contribution in [2.24, 2.45) is 0 Å². The predicted molar refractivity (Wildman–Crippen MR) is 73.6 cm³/mol. The van der Waals surface area contributed by atoms with Crippen LogP contribution >= 0.6 is 23.2 Å². The molecule has 0 saturated carbocycles. The highest BCUT2D eigenvalue weighted by Crippen LogP contribution is 2.40. The van der Waals surface area contributed by atoms with Gasteiger partial charge in [0, 0.05) is 17.8 Å². The molecule has 0 spiro atoms. The summed E-state index contributed by atoms with van der Waals surface area (Å²) in [5, 5.41) is 18.0. The highest BCUT2D eigenvalue weighted by Gasteiger charge is 2.26. The summed E-state index contributed by atoms with van der Waals surface area (Å²) in [6, 6.07) is 11.9. The molecule has 19 heavy (non-hydrogen) atoms. The molecule has 0 aliphatic carbocycles. The number of rotatable bonds is 4. The van der Waals surface area contributed by atoms with Crippen molar-refractivity contribution in [2.45, 2.75) is 10.8 Å². The number of nitrogens with zero attached hydrogens (tertiary/aromatic N) is 1. The van der Waals surface area contributed by atoms with Gasteiger partial charge in [-0.05, 0) is 12.1 Å². The van der Waals surface area contributed by atoms with E-state index in [1.54, 1.807) is 36.5 Å². The summed E-state index contributed by atoms with van der Waals surface area (Å²) in [5.74, 6) is 0. The number of para-hydroxylation sites is 1. The molecule has 1 aromatic heterocycles.